The van der Waals surface area contributed by atoms with Crippen molar-refractivity contribution < 1.29 is 9.59 Å². The fourth-order valence-corrected chi connectivity index (χ4v) is 2.43. The Balaban J connectivity index is 2.47. The Labute approximate surface area is 109 Å². The number of likely N-dealkylation sites (N-methyl/N-ethyl adjacent to an activating group) is 1. The second-order valence-electron chi connectivity index (χ2n) is 5.42. The quantitative estimate of drug-likeness (QED) is 0.769. The molecule has 2 N–H and O–H groups in total. The van der Waals surface area contributed by atoms with Gasteiger partial charge in [0.15, 0.2) is 0 Å². The SMILES string of the molecule is CCNC(C)(C)C(=O)N1CCC(NC(C)=O)CC1. The van der Waals surface area contributed by atoms with Crippen molar-refractivity contribution in [1.29, 1.82) is 0 Å². The van der Waals surface area contributed by atoms with Gasteiger partial charge in [-0.1, -0.05) is 6.92 Å². The second kappa shape index (κ2) is 6.18. The van der Waals surface area contributed by atoms with E-state index in [1.54, 1.807) is 0 Å². The lowest BCUT2D eigenvalue weighted by molar-refractivity contribution is -0.138. The third kappa shape index (κ3) is 3.98. The van der Waals surface area contributed by atoms with Gasteiger partial charge in [-0.3, -0.25) is 9.59 Å². The summed E-state index contributed by atoms with van der Waals surface area (Å²) in [5, 5.41) is 6.11. The molecule has 5 heteroatoms. The molecule has 0 aromatic rings. The van der Waals surface area contributed by atoms with Crippen molar-refractivity contribution in [1.82, 2.24) is 15.5 Å². The van der Waals surface area contributed by atoms with Crippen LogP contribution in [0.5, 0.6) is 0 Å². The van der Waals surface area contributed by atoms with Crippen LogP contribution in [0.3, 0.4) is 0 Å². The summed E-state index contributed by atoms with van der Waals surface area (Å²) >= 11 is 0. The van der Waals surface area contributed by atoms with E-state index < -0.39 is 5.54 Å². The van der Waals surface area contributed by atoms with E-state index in [0.717, 1.165) is 32.5 Å². The van der Waals surface area contributed by atoms with E-state index in [0.29, 0.717) is 0 Å². The lowest BCUT2D eigenvalue weighted by Crippen LogP contribution is -2.57. The molecule has 1 saturated heterocycles. The minimum Gasteiger partial charge on any atom is -0.353 e. The molecule has 0 atom stereocenters. The van der Waals surface area contributed by atoms with Gasteiger partial charge in [0.05, 0.1) is 5.54 Å². The Bertz CT molecular complexity index is 307. The molecular weight excluding hydrogens is 230 g/mol. The van der Waals surface area contributed by atoms with Crippen molar-refractivity contribution in [2.24, 2.45) is 0 Å². The zero-order valence-corrected chi connectivity index (χ0v) is 11.9. The summed E-state index contributed by atoms with van der Waals surface area (Å²) in [7, 11) is 0. The van der Waals surface area contributed by atoms with Gasteiger partial charge in [0.25, 0.3) is 0 Å². The van der Waals surface area contributed by atoms with Gasteiger partial charge in [-0.15, -0.1) is 0 Å². The molecule has 0 aromatic carbocycles. The first kappa shape index (κ1) is 15.0. The van der Waals surface area contributed by atoms with Crippen LogP contribution in [0.25, 0.3) is 0 Å². The van der Waals surface area contributed by atoms with Crippen LogP contribution in [0, 0.1) is 0 Å². The lowest BCUT2D eigenvalue weighted by atomic mass is 9.99. The Hall–Kier alpha value is -1.10. The van der Waals surface area contributed by atoms with Crippen molar-refractivity contribution in [3.63, 3.8) is 0 Å². The number of piperidine rings is 1. The number of nitrogens with zero attached hydrogens (tertiary/aromatic N) is 1. The molecule has 5 nitrogen and oxygen atoms in total. The number of amides is 2. The summed E-state index contributed by atoms with van der Waals surface area (Å²) in [6.45, 7) is 9.58. The number of nitrogens with one attached hydrogen (secondary N) is 2. The topological polar surface area (TPSA) is 61.4 Å². The van der Waals surface area contributed by atoms with Gasteiger partial charge in [0.2, 0.25) is 11.8 Å². The van der Waals surface area contributed by atoms with Gasteiger partial charge in [0.1, 0.15) is 0 Å². The van der Waals surface area contributed by atoms with E-state index >= 15 is 0 Å². The predicted molar refractivity (Wildman–Crippen MR) is 71.2 cm³/mol. The van der Waals surface area contributed by atoms with E-state index in [4.69, 9.17) is 0 Å². The highest BCUT2D eigenvalue weighted by Gasteiger charge is 2.33. The highest BCUT2D eigenvalue weighted by atomic mass is 16.2. The van der Waals surface area contributed by atoms with Crippen LogP contribution >= 0.6 is 0 Å². The van der Waals surface area contributed by atoms with Crippen molar-refractivity contribution in [3.05, 3.63) is 0 Å². The van der Waals surface area contributed by atoms with E-state index in [9.17, 15) is 9.59 Å². The molecule has 0 aliphatic carbocycles. The Morgan fingerprint density at radius 3 is 2.28 bits per heavy atom. The zero-order chi connectivity index (χ0) is 13.8. The van der Waals surface area contributed by atoms with Crippen LogP contribution in [-0.4, -0.2) is 47.9 Å². The molecule has 0 saturated carbocycles. The maximum Gasteiger partial charge on any atom is 0.242 e. The highest BCUT2D eigenvalue weighted by Crippen LogP contribution is 2.15. The summed E-state index contributed by atoms with van der Waals surface area (Å²) in [4.78, 5) is 25.2. The van der Waals surface area contributed by atoms with Crippen molar-refractivity contribution in [2.75, 3.05) is 19.6 Å². The molecule has 1 rings (SSSR count). The number of carbonyl (C=O) groups is 2. The molecule has 0 radical (unpaired) electrons. The summed E-state index contributed by atoms with van der Waals surface area (Å²) in [6.07, 6.45) is 1.68. The normalized spacial score (nSPS) is 17.7. The first-order chi connectivity index (χ1) is 8.36. The van der Waals surface area contributed by atoms with Gasteiger partial charge >= 0.3 is 0 Å². The van der Waals surface area contributed by atoms with E-state index in [2.05, 4.69) is 10.6 Å². The maximum atomic E-state index is 12.3. The average molecular weight is 255 g/mol. The third-order valence-electron chi connectivity index (χ3n) is 3.34. The monoisotopic (exact) mass is 255 g/mol. The molecule has 1 aliphatic rings. The summed E-state index contributed by atoms with van der Waals surface area (Å²) in [5.74, 6) is 0.151. The zero-order valence-electron chi connectivity index (χ0n) is 11.9. The molecule has 104 valence electrons. The number of likely N-dealkylation sites (tertiary alicyclic amines) is 1. The van der Waals surface area contributed by atoms with Gasteiger partial charge in [-0.2, -0.15) is 0 Å². The molecule has 0 spiro atoms. The molecule has 0 unspecified atom stereocenters. The van der Waals surface area contributed by atoms with Gasteiger partial charge in [-0.25, -0.2) is 0 Å². The van der Waals surface area contributed by atoms with Crippen LogP contribution in [0.1, 0.15) is 40.5 Å². The van der Waals surface area contributed by atoms with E-state index in [1.165, 1.54) is 6.92 Å². The number of hydrogen-bond acceptors (Lipinski definition) is 3. The first-order valence-electron chi connectivity index (χ1n) is 6.68. The largest absolute Gasteiger partial charge is 0.353 e. The standard InChI is InChI=1S/C13H25N3O2/c1-5-14-13(3,4)12(18)16-8-6-11(7-9-16)15-10(2)17/h11,14H,5-9H2,1-4H3,(H,15,17). The fourth-order valence-electron chi connectivity index (χ4n) is 2.43. The average Bonchev–Trinajstić information content (AvgIpc) is 2.28. The fraction of sp³-hybridized carbons (Fsp3) is 0.846. The molecule has 1 fully saturated rings. The summed E-state index contributed by atoms with van der Waals surface area (Å²) < 4.78 is 0. The smallest absolute Gasteiger partial charge is 0.242 e. The molecule has 18 heavy (non-hydrogen) atoms. The van der Waals surface area contributed by atoms with Crippen LogP contribution in [-0.2, 0) is 9.59 Å². The van der Waals surface area contributed by atoms with Crippen LogP contribution in [0.2, 0.25) is 0 Å². The minimum atomic E-state index is -0.504. The van der Waals surface area contributed by atoms with Gasteiger partial charge in [0, 0.05) is 26.1 Å². The van der Waals surface area contributed by atoms with Crippen LogP contribution < -0.4 is 10.6 Å². The molecular formula is C13H25N3O2. The van der Waals surface area contributed by atoms with E-state index in [-0.39, 0.29) is 17.9 Å². The summed E-state index contributed by atoms with van der Waals surface area (Å²) in [6, 6.07) is 0.216. The molecule has 1 heterocycles. The highest BCUT2D eigenvalue weighted by molar-refractivity contribution is 5.85. The first-order valence-corrected chi connectivity index (χ1v) is 6.68. The van der Waals surface area contributed by atoms with E-state index in [1.807, 2.05) is 25.7 Å². The minimum absolute atomic E-state index is 0.00718. The molecule has 0 aromatic heterocycles. The second-order valence-corrected chi connectivity index (χ2v) is 5.42. The Morgan fingerprint density at radius 1 is 1.28 bits per heavy atom. The van der Waals surface area contributed by atoms with Crippen molar-refractivity contribution in [3.8, 4) is 0 Å². The van der Waals surface area contributed by atoms with Crippen molar-refractivity contribution >= 4 is 11.8 Å². The van der Waals surface area contributed by atoms with Crippen molar-refractivity contribution in [2.45, 2.75) is 52.1 Å². The third-order valence-corrected chi connectivity index (χ3v) is 3.34. The Kier molecular flexibility index (Phi) is 5.14. The molecule has 2 amide bonds. The number of carbonyl (C=O) groups excluding carboxylic acids is 2. The van der Waals surface area contributed by atoms with Crippen LogP contribution in [0.4, 0.5) is 0 Å². The van der Waals surface area contributed by atoms with Crippen LogP contribution in [0.15, 0.2) is 0 Å². The van der Waals surface area contributed by atoms with Gasteiger partial charge < -0.3 is 15.5 Å². The number of hydrogen-bond donors (Lipinski definition) is 2. The summed E-state index contributed by atoms with van der Waals surface area (Å²) in [5.41, 5.74) is -0.504. The number of rotatable bonds is 4. The van der Waals surface area contributed by atoms with Gasteiger partial charge in [-0.05, 0) is 33.2 Å². The molecule has 0 bridgehead atoms. The molecule has 1 aliphatic heterocycles. The Morgan fingerprint density at radius 2 is 1.83 bits per heavy atom. The maximum absolute atomic E-state index is 12.3. The lowest BCUT2D eigenvalue weighted by Gasteiger charge is -2.37. The predicted octanol–water partition coefficient (Wildman–Crippen LogP) is 0.502.